The van der Waals surface area contributed by atoms with Gasteiger partial charge in [-0.15, -0.1) is 10.2 Å². The highest BCUT2D eigenvalue weighted by Crippen LogP contribution is 2.33. The molecule has 0 aliphatic heterocycles. The molecule has 1 amide bonds. The topological polar surface area (TPSA) is 76.9 Å². The number of thioether (sulfide) groups is 1. The van der Waals surface area contributed by atoms with Crippen LogP contribution in [-0.4, -0.2) is 31.7 Å². The second-order valence-corrected chi connectivity index (χ2v) is 10.1. The molecule has 0 aliphatic carbocycles. The van der Waals surface area contributed by atoms with Crippen LogP contribution in [0, 0.1) is 13.8 Å². The van der Waals surface area contributed by atoms with Crippen molar-refractivity contribution in [3.63, 3.8) is 0 Å². The summed E-state index contributed by atoms with van der Waals surface area (Å²) in [5, 5.41) is 12.5. The molecule has 1 N–H and O–H groups in total. The highest BCUT2D eigenvalue weighted by atomic mass is 35.5. The third-order valence-corrected chi connectivity index (χ3v) is 6.79. The number of halogens is 1. The molecule has 1 heterocycles. The standard InChI is InChI=1S/C27H25ClN4O2S/c1-16-11-12-17(2)24(13-16)32-25(21-8-5-9-22(28)14-21)30-31-27(32)35-19(4)26(34)29-23-10-6-7-20(15-23)18(3)33/h5-15,19H,1-4H3,(H,29,34)/t19-/m1/s1. The number of Topliss-reactive ketones (excluding diaryl/α,β-unsaturated/α-hetero) is 1. The van der Waals surface area contributed by atoms with Gasteiger partial charge >= 0.3 is 0 Å². The molecular formula is C27H25ClN4O2S. The van der Waals surface area contributed by atoms with Crippen LogP contribution < -0.4 is 5.32 Å². The predicted octanol–water partition coefficient (Wildman–Crippen LogP) is 6.53. The van der Waals surface area contributed by atoms with Crippen molar-refractivity contribution in [3.8, 4) is 17.1 Å². The van der Waals surface area contributed by atoms with Crippen LogP contribution in [0.25, 0.3) is 17.1 Å². The van der Waals surface area contributed by atoms with Gasteiger partial charge in [0.25, 0.3) is 0 Å². The number of nitrogens with one attached hydrogen (secondary N) is 1. The van der Waals surface area contributed by atoms with E-state index in [9.17, 15) is 9.59 Å². The van der Waals surface area contributed by atoms with Crippen molar-refractivity contribution >= 4 is 40.7 Å². The molecule has 178 valence electrons. The molecule has 3 aromatic carbocycles. The number of anilines is 1. The summed E-state index contributed by atoms with van der Waals surface area (Å²) < 4.78 is 1.97. The van der Waals surface area contributed by atoms with Gasteiger partial charge in [0.2, 0.25) is 5.91 Å². The average Bonchev–Trinajstić information content (AvgIpc) is 3.24. The second kappa shape index (κ2) is 10.5. The maximum absolute atomic E-state index is 13.0. The normalized spacial score (nSPS) is 11.8. The lowest BCUT2D eigenvalue weighted by Gasteiger charge is -2.16. The van der Waals surface area contributed by atoms with Crippen molar-refractivity contribution in [2.45, 2.75) is 38.1 Å². The summed E-state index contributed by atoms with van der Waals surface area (Å²) in [5.74, 6) is 0.389. The Hall–Kier alpha value is -3.42. The highest BCUT2D eigenvalue weighted by Gasteiger charge is 2.23. The number of carbonyl (C=O) groups excluding carboxylic acids is 2. The van der Waals surface area contributed by atoms with Crippen molar-refractivity contribution in [1.29, 1.82) is 0 Å². The van der Waals surface area contributed by atoms with Crippen molar-refractivity contribution in [2.24, 2.45) is 0 Å². The molecule has 1 atom stereocenters. The SMILES string of the molecule is CC(=O)c1cccc(NC(=O)[C@@H](C)Sc2nnc(-c3cccc(Cl)c3)n2-c2cc(C)ccc2C)c1. The first-order valence-corrected chi connectivity index (χ1v) is 12.4. The van der Waals surface area contributed by atoms with Gasteiger partial charge in [-0.3, -0.25) is 14.2 Å². The van der Waals surface area contributed by atoms with E-state index >= 15 is 0 Å². The molecular weight excluding hydrogens is 480 g/mol. The Kier molecular flexibility index (Phi) is 7.38. The number of aromatic nitrogens is 3. The minimum absolute atomic E-state index is 0.0568. The maximum Gasteiger partial charge on any atom is 0.237 e. The van der Waals surface area contributed by atoms with E-state index in [1.165, 1.54) is 18.7 Å². The van der Waals surface area contributed by atoms with Gasteiger partial charge < -0.3 is 5.32 Å². The average molecular weight is 505 g/mol. The van der Waals surface area contributed by atoms with Crippen LogP contribution in [0.1, 0.15) is 35.3 Å². The molecule has 0 saturated heterocycles. The summed E-state index contributed by atoms with van der Waals surface area (Å²) in [6.45, 7) is 7.38. The molecule has 1 aromatic heterocycles. The number of hydrogen-bond donors (Lipinski definition) is 1. The zero-order valence-electron chi connectivity index (χ0n) is 19.9. The van der Waals surface area contributed by atoms with Crippen molar-refractivity contribution < 1.29 is 9.59 Å². The summed E-state index contributed by atoms with van der Waals surface area (Å²) in [6, 6.07) is 20.6. The number of nitrogens with zero attached hydrogens (tertiary/aromatic N) is 3. The van der Waals surface area contributed by atoms with E-state index in [1.54, 1.807) is 24.3 Å². The maximum atomic E-state index is 13.0. The molecule has 6 nitrogen and oxygen atoms in total. The van der Waals surface area contributed by atoms with Gasteiger partial charge in [-0.1, -0.05) is 59.8 Å². The zero-order valence-corrected chi connectivity index (χ0v) is 21.4. The number of hydrogen-bond acceptors (Lipinski definition) is 5. The largest absolute Gasteiger partial charge is 0.325 e. The quantitative estimate of drug-likeness (QED) is 0.229. The van der Waals surface area contributed by atoms with Gasteiger partial charge in [-0.25, -0.2) is 0 Å². The number of benzene rings is 3. The van der Waals surface area contributed by atoms with E-state index in [0.717, 1.165) is 22.4 Å². The zero-order chi connectivity index (χ0) is 25.1. The first-order valence-electron chi connectivity index (χ1n) is 11.1. The Morgan fingerprint density at radius 3 is 2.51 bits per heavy atom. The Bertz CT molecular complexity index is 1420. The Morgan fingerprint density at radius 1 is 1.00 bits per heavy atom. The van der Waals surface area contributed by atoms with E-state index in [1.807, 2.05) is 49.6 Å². The third-order valence-electron chi connectivity index (χ3n) is 5.51. The number of carbonyl (C=O) groups is 2. The summed E-state index contributed by atoms with van der Waals surface area (Å²) in [6.07, 6.45) is 0. The fraction of sp³-hybridized carbons (Fsp3) is 0.185. The lowest BCUT2D eigenvalue weighted by atomic mass is 10.1. The van der Waals surface area contributed by atoms with Crippen LogP contribution >= 0.6 is 23.4 Å². The number of aryl methyl sites for hydroxylation is 2. The van der Waals surface area contributed by atoms with Crippen LogP contribution in [0.2, 0.25) is 5.02 Å². The minimum Gasteiger partial charge on any atom is -0.325 e. The summed E-state index contributed by atoms with van der Waals surface area (Å²) in [4.78, 5) is 24.7. The number of rotatable bonds is 7. The van der Waals surface area contributed by atoms with Gasteiger partial charge in [0.1, 0.15) is 0 Å². The number of amides is 1. The Balaban J connectivity index is 1.68. The molecule has 0 radical (unpaired) electrons. The van der Waals surface area contributed by atoms with Gasteiger partial charge in [0, 0.05) is 21.8 Å². The van der Waals surface area contributed by atoms with Crippen LogP contribution in [0.5, 0.6) is 0 Å². The van der Waals surface area contributed by atoms with Gasteiger partial charge in [0.05, 0.1) is 10.9 Å². The van der Waals surface area contributed by atoms with E-state index < -0.39 is 5.25 Å². The van der Waals surface area contributed by atoms with Gasteiger partial charge in [0.15, 0.2) is 16.8 Å². The van der Waals surface area contributed by atoms with Crippen LogP contribution in [0.15, 0.2) is 71.9 Å². The Labute approximate surface area is 213 Å². The molecule has 0 aliphatic rings. The van der Waals surface area contributed by atoms with E-state index in [2.05, 4.69) is 33.7 Å². The minimum atomic E-state index is -0.476. The second-order valence-electron chi connectivity index (χ2n) is 8.33. The van der Waals surface area contributed by atoms with Gasteiger partial charge in [-0.2, -0.15) is 0 Å². The van der Waals surface area contributed by atoms with E-state index in [-0.39, 0.29) is 11.7 Å². The molecule has 35 heavy (non-hydrogen) atoms. The summed E-state index contributed by atoms with van der Waals surface area (Å²) in [5.41, 5.74) is 5.04. The van der Waals surface area contributed by atoms with Crippen LogP contribution in [0.4, 0.5) is 5.69 Å². The van der Waals surface area contributed by atoms with E-state index in [4.69, 9.17) is 11.6 Å². The molecule has 0 unspecified atom stereocenters. The molecule has 8 heteroatoms. The fourth-order valence-electron chi connectivity index (χ4n) is 3.61. The number of ketones is 1. The van der Waals surface area contributed by atoms with Crippen molar-refractivity contribution in [2.75, 3.05) is 5.32 Å². The lowest BCUT2D eigenvalue weighted by Crippen LogP contribution is -2.23. The molecule has 0 bridgehead atoms. The predicted molar refractivity (Wildman–Crippen MR) is 142 cm³/mol. The molecule has 4 rings (SSSR count). The first-order chi connectivity index (χ1) is 16.7. The van der Waals surface area contributed by atoms with Crippen LogP contribution in [0.3, 0.4) is 0 Å². The molecule has 4 aromatic rings. The van der Waals surface area contributed by atoms with Crippen LogP contribution in [-0.2, 0) is 4.79 Å². The van der Waals surface area contributed by atoms with Crippen molar-refractivity contribution in [1.82, 2.24) is 14.8 Å². The lowest BCUT2D eigenvalue weighted by molar-refractivity contribution is -0.115. The van der Waals surface area contributed by atoms with Gasteiger partial charge in [-0.05, 0) is 69.2 Å². The third kappa shape index (κ3) is 5.63. The van der Waals surface area contributed by atoms with E-state index in [0.29, 0.717) is 27.3 Å². The molecule has 0 fully saturated rings. The smallest absolute Gasteiger partial charge is 0.237 e. The summed E-state index contributed by atoms with van der Waals surface area (Å²) in [7, 11) is 0. The summed E-state index contributed by atoms with van der Waals surface area (Å²) >= 11 is 7.57. The van der Waals surface area contributed by atoms with Crippen molar-refractivity contribution in [3.05, 3.63) is 88.4 Å². The Morgan fingerprint density at radius 2 is 1.77 bits per heavy atom. The molecule has 0 spiro atoms. The fourth-order valence-corrected chi connectivity index (χ4v) is 4.66. The highest BCUT2D eigenvalue weighted by molar-refractivity contribution is 8.00. The first kappa shape index (κ1) is 24.7. The molecule has 0 saturated carbocycles. The monoisotopic (exact) mass is 504 g/mol.